The van der Waals surface area contributed by atoms with Crippen molar-refractivity contribution in [1.29, 1.82) is 0 Å². The first-order valence-electron chi connectivity index (χ1n) is 24.8. The van der Waals surface area contributed by atoms with E-state index in [2.05, 4.69) is 20.8 Å². The highest BCUT2D eigenvalue weighted by Gasteiger charge is 2.04. The molecule has 0 saturated carbocycles. The second-order valence-corrected chi connectivity index (χ2v) is 17.9. The first kappa shape index (κ1) is 51.0. The van der Waals surface area contributed by atoms with Gasteiger partial charge in [0, 0.05) is 6.61 Å². The summed E-state index contributed by atoms with van der Waals surface area (Å²) in [7, 11) is 0. The van der Waals surface area contributed by atoms with Crippen molar-refractivity contribution in [2.45, 2.75) is 303 Å². The molecule has 1 heteroatoms. The molecule has 0 saturated heterocycles. The summed E-state index contributed by atoms with van der Waals surface area (Å²) in [5.41, 5.74) is 0. The number of unbranched alkanes of at least 4 members (excludes halogenated alkanes) is 37. The smallest absolute Gasteiger partial charge is 0.0431 e. The summed E-state index contributed by atoms with van der Waals surface area (Å²) in [5.74, 6) is 1.91. The highest BCUT2D eigenvalue weighted by atomic mass is 16.2. The normalized spacial score (nSPS) is 12.9. The van der Waals surface area contributed by atoms with Gasteiger partial charge >= 0.3 is 0 Å². The minimum Gasteiger partial charge on any atom is -0.396 e. The van der Waals surface area contributed by atoms with E-state index >= 15 is 0 Å². The lowest BCUT2D eigenvalue weighted by Gasteiger charge is -2.12. The predicted octanol–water partition coefficient (Wildman–Crippen LogP) is 18.4. The molecule has 0 rings (SSSR count). The molecule has 2 atom stereocenters. The van der Waals surface area contributed by atoms with E-state index in [1.54, 1.807) is 0 Å². The molecule has 0 fully saturated rings. The molecule has 0 heterocycles. The van der Waals surface area contributed by atoms with Crippen LogP contribution in [0.25, 0.3) is 0 Å². The standard InChI is InChI=1S/C50H102O/c1-4-5-6-7-8-9-25-29-34-39-44-49(2)46-41-36-31-28-32-37-42-47-50(3)45-40-35-30-26-23-21-19-17-15-13-11-10-12-14-16-18-20-22-24-27-33-38-43-48-51/h49-51H,4-48H2,1-3H3. The van der Waals surface area contributed by atoms with Crippen molar-refractivity contribution in [2.24, 2.45) is 11.8 Å². The lowest BCUT2D eigenvalue weighted by atomic mass is 9.95. The zero-order valence-corrected chi connectivity index (χ0v) is 36.4. The van der Waals surface area contributed by atoms with Crippen LogP contribution in [0.4, 0.5) is 0 Å². The van der Waals surface area contributed by atoms with Gasteiger partial charge in [0.05, 0.1) is 0 Å². The van der Waals surface area contributed by atoms with Crippen molar-refractivity contribution >= 4 is 0 Å². The highest BCUT2D eigenvalue weighted by molar-refractivity contribution is 4.59. The van der Waals surface area contributed by atoms with Crippen LogP contribution in [0.3, 0.4) is 0 Å². The van der Waals surface area contributed by atoms with Crippen molar-refractivity contribution in [2.75, 3.05) is 6.61 Å². The Bertz CT molecular complexity index is 586. The maximum Gasteiger partial charge on any atom is 0.0431 e. The van der Waals surface area contributed by atoms with Gasteiger partial charge in [0.15, 0.2) is 0 Å². The maximum absolute atomic E-state index is 8.82. The van der Waals surface area contributed by atoms with E-state index in [1.165, 1.54) is 276 Å². The van der Waals surface area contributed by atoms with Gasteiger partial charge in [-0.1, -0.05) is 297 Å². The van der Waals surface area contributed by atoms with E-state index in [0.29, 0.717) is 6.61 Å². The Balaban J connectivity index is 3.20. The third-order valence-electron chi connectivity index (χ3n) is 12.3. The molecule has 0 aromatic carbocycles. The van der Waals surface area contributed by atoms with Gasteiger partial charge in [-0.2, -0.15) is 0 Å². The average Bonchev–Trinajstić information content (AvgIpc) is 3.13. The van der Waals surface area contributed by atoms with Crippen LogP contribution in [-0.4, -0.2) is 11.7 Å². The van der Waals surface area contributed by atoms with Crippen LogP contribution in [0.1, 0.15) is 303 Å². The van der Waals surface area contributed by atoms with Crippen LogP contribution in [0.5, 0.6) is 0 Å². The predicted molar refractivity (Wildman–Crippen MR) is 234 cm³/mol. The van der Waals surface area contributed by atoms with E-state index < -0.39 is 0 Å². The number of rotatable bonds is 46. The first-order valence-corrected chi connectivity index (χ1v) is 24.8. The third kappa shape index (κ3) is 46.0. The van der Waals surface area contributed by atoms with E-state index in [1.807, 2.05) is 0 Å². The lowest BCUT2D eigenvalue weighted by molar-refractivity contribution is 0.282. The minimum absolute atomic E-state index is 0.374. The zero-order valence-electron chi connectivity index (χ0n) is 36.4. The molecular weight excluding hydrogens is 617 g/mol. The number of hydrogen-bond donors (Lipinski definition) is 1. The Hall–Kier alpha value is -0.0400. The van der Waals surface area contributed by atoms with Crippen molar-refractivity contribution in [3.63, 3.8) is 0 Å². The van der Waals surface area contributed by atoms with Crippen LogP contribution in [0, 0.1) is 11.8 Å². The lowest BCUT2D eigenvalue weighted by Crippen LogP contribution is -1.96. The summed E-state index contributed by atoms with van der Waals surface area (Å²) in [5, 5.41) is 8.82. The van der Waals surface area contributed by atoms with Crippen molar-refractivity contribution < 1.29 is 5.11 Å². The molecule has 0 amide bonds. The summed E-state index contributed by atoms with van der Waals surface area (Å²) < 4.78 is 0. The van der Waals surface area contributed by atoms with Gasteiger partial charge in [-0.15, -0.1) is 0 Å². The third-order valence-corrected chi connectivity index (χ3v) is 12.3. The molecular formula is C50H102O. The fourth-order valence-corrected chi connectivity index (χ4v) is 8.46. The van der Waals surface area contributed by atoms with Gasteiger partial charge in [-0.05, 0) is 18.3 Å². The van der Waals surface area contributed by atoms with E-state index in [4.69, 9.17) is 5.11 Å². The van der Waals surface area contributed by atoms with Gasteiger partial charge in [-0.25, -0.2) is 0 Å². The minimum atomic E-state index is 0.374. The first-order chi connectivity index (χ1) is 25.2. The second kappa shape index (κ2) is 46.1. The monoisotopic (exact) mass is 719 g/mol. The summed E-state index contributed by atoms with van der Waals surface area (Å²) in [4.78, 5) is 0. The van der Waals surface area contributed by atoms with Crippen LogP contribution in [0.2, 0.25) is 0 Å². The van der Waals surface area contributed by atoms with Crippen molar-refractivity contribution in [3.8, 4) is 0 Å². The van der Waals surface area contributed by atoms with Crippen molar-refractivity contribution in [1.82, 2.24) is 0 Å². The molecule has 0 spiro atoms. The van der Waals surface area contributed by atoms with Crippen molar-refractivity contribution in [3.05, 3.63) is 0 Å². The summed E-state index contributed by atoms with van der Waals surface area (Å²) >= 11 is 0. The van der Waals surface area contributed by atoms with Gasteiger partial charge in [-0.3, -0.25) is 0 Å². The Kier molecular flexibility index (Phi) is 46.1. The molecule has 308 valence electrons. The summed E-state index contributed by atoms with van der Waals surface area (Å²) in [6, 6.07) is 0. The van der Waals surface area contributed by atoms with Gasteiger partial charge in [0.1, 0.15) is 0 Å². The van der Waals surface area contributed by atoms with Crippen LogP contribution < -0.4 is 0 Å². The molecule has 0 aromatic rings. The Morgan fingerprint density at radius 3 is 0.569 bits per heavy atom. The summed E-state index contributed by atoms with van der Waals surface area (Å²) in [6.07, 6.45) is 63.7. The SMILES string of the molecule is CCCCCCCCCCCCC(C)CCCCCCCCCC(C)CCCCCCCCCCCCCCCCCCCCCCCCCO. The summed E-state index contributed by atoms with van der Waals surface area (Å²) in [6.45, 7) is 7.71. The number of aliphatic hydroxyl groups excluding tert-OH is 1. The quantitative estimate of drug-likeness (QED) is 0.0621. The molecule has 1 nitrogen and oxygen atoms in total. The van der Waals surface area contributed by atoms with Crippen LogP contribution in [-0.2, 0) is 0 Å². The number of hydrogen-bond acceptors (Lipinski definition) is 1. The largest absolute Gasteiger partial charge is 0.396 e. The van der Waals surface area contributed by atoms with Crippen LogP contribution >= 0.6 is 0 Å². The van der Waals surface area contributed by atoms with E-state index in [-0.39, 0.29) is 0 Å². The molecule has 0 bridgehead atoms. The Morgan fingerprint density at radius 2 is 0.392 bits per heavy atom. The molecule has 2 unspecified atom stereocenters. The van der Waals surface area contributed by atoms with Gasteiger partial charge < -0.3 is 5.11 Å². The second-order valence-electron chi connectivity index (χ2n) is 17.9. The molecule has 0 radical (unpaired) electrons. The Morgan fingerprint density at radius 1 is 0.235 bits per heavy atom. The fourth-order valence-electron chi connectivity index (χ4n) is 8.46. The van der Waals surface area contributed by atoms with Gasteiger partial charge in [0.2, 0.25) is 0 Å². The topological polar surface area (TPSA) is 20.2 Å². The Labute approximate surface area is 325 Å². The maximum atomic E-state index is 8.82. The highest BCUT2D eigenvalue weighted by Crippen LogP contribution is 2.21. The fraction of sp³-hybridized carbons (Fsp3) is 1.00. The van der Waals surface area contributed by atoms with Crippen LogP contribution in [0.15, 0.2) is 0 Å². The zero-order chi connectivity index (χ0) is 37.0. The van der Waals surface area contributed by atoms with Gasteiger partial charge in [0.25, 0.3) is 0 Å². The average molecular weight is 719 g/mol. The van der Waals surface area contributed by atoms with E-state index in [9.17, 15) is 0 Å². The molecule has 0 aliphatic heterocycles. The molecule has 0 aliphatic carbocycles. The number of aliphatic hydroxyl groups is 1. The molecule has 1 N–H and O–H groups in total. The molecule has 51 heavy (non-hydrogen) atoms. The molecule has 0 aliphatic rings. The molecule has 0 aromatic heterocycles. The van der Waals surface area contributed by atoms with E-state index in [0.717, 1.165) is 18.3 Å².